The standard InChI is InChI=1S/C13H23F3N4.HI/c14-13(15,16)10-19-7-4-11(9-19)8-18-12(17)20-5-2-1-3-6-20;/h11H,1-10H2,(H2,17,18);1H. The molecule has 0 bridgehead atoms. The van der Waals surface area contributed by atoms with Crippen molar-refractivity contribution in [1.82, 2.24) is 9.80 Å². The van der Waals surface area contributed by atoms with E-state index in [4.69, 9.17) is 5.73 Å². The second-order valence-corrected chi connectivity index (χ2v) is 5.75. The lowest BCUT2D eigenvalue weighted by molar-refractivity contribution is -0.143. The van der Waals surface area contributed by atoms with Gasteiger partial charge in [0.15, 0.2) is 5.96 Å². The molecule has 0 aromatic rings. The first-order valence-electron chi connectivity index (χ1n) is 7.28. The highest BCUT2D eigenvalue weighted by Crippen LogP contribution is 2.23. The number of alkyl halides is 3. The van der Waals surface area contributed by atoms with Gasteiger partial charge in [0, 0.05) is 26.2 Å². The van der Waals surface area contributed by atoms with Crippen molar-refractivity contribution in [1.29, 1.82) is 0 Å². The Morgan fingerprint density at radius 3 is 2.43 bits per heavy atom. The maximum Gasteiger partial charge on any atom is 0.401 e. The molecule has 2 heterocycles. The van der Waals surface area contributed by atoms with Gasteiger partial charge in [-0.25, -0.2) is 0 Å². The number of hydrogen-bond donors (Lipinski definition) is 1. The molecule has 2 N–H and O–H groups in total. The molecule has 0 spiro atoms. The second kappa shape index (κ2) is 8.40. The number of aliphatic imine (C=N–C) groups is 1. The Kier molecular flexibility index (Phi) is 7.52. The largest absolute Gasteiger partial charge is 0.401 e. The molecule has 0 aliphatic carbocycles. The van der Waals surface area contributed by atoms with E-state index in [9.17, 15) is 13.2 Å². The Bertz CT molecular complexity index is 343. The molecule has 21 heavy (non-hydrogen) atoms. The number of likely N-dealkylation sites (tertiary alicyclic amines) is 2. The monoisotopic (exact) mass is 420 g/mol. The summed E-state index contributed by atoms with van der Waals surface area (Å²) in [4.78, 5) is 7.90. The minimum absolute atomic E-state index is 0. The number of nitrogens with two attached hydrogens (primary N) is 1. The first-order valence-corrected chi connectivity index (χ1v) is 7.28. The van der Waals surface area contributed by atoms with Crippen LogP contribution in [0.2, 0.25) is 0 Å². The van der Waals surface area contributed by atoms with Gasteiger partial charge < -0.3 is 10.6 Å². The van der Waals surface area contributed by atoms with Gasteiger partial charge >= 0.3 is 6.18 Å². The van der Waals surface area contributed by atoms with Crippen LogP contribution in [0, 0.1) is 5.92 Å². The molecule has 0 radical (unpaired) electrons. The zero-order valence-corrected chi connectivity index (χ0v) is 14.4. The molecule has 2 fully saturated rings. The van der Waals surface area contributed by atoms with E-state index in [1.807, 2.05) is 0 Å². The van der Waals surface area contributed by atoms with Crippen LogP contribution in [-0.4, -0.2) is 61.2 Å². The number of rotatable bonds is 3. The van der Waals surface area contributed by atoms with E-state index in [1.54, 1.807) is 0 Å². The van der Waals surface area contributed by atoms with E-state index in [0.717, 1.165) is 32.4 Å². The zero-order valence-electron chi connectivity index (χ0n) is 12.1. The Morgan fingerprint density at radius 2 is 1.81 bits per heavy atom. The van der Waals surface area contributed by atoms with Crippen molar-refractivity contribution in [2.45, 2.75) is 31.9 Å². The van der Waals surface area contributed by atoms with Gasteiger partial charge in [-0.2, -0.15) is 13.2 Å². The average Bonchev–Trinajstić information content (AvgIpc) is 2.82. The van der Waals surface area contributed by atoms with Gasteiger partial charge in [-0.15, -0.1) is 24.0 Å². The van der Waals surface area contributed by atoms with E-state index < -0.39 is 12.7 Å². The van der Waals surface area contributed by atoms with Gasteiger partial charge in [-0.1, -0.05) is 0 Å². The molecule has 2 saturated heterocycles. The van der Waals surface area contributed by atoms with Crippen LogP contribution in [0.1, 0.15) is 25.7 Å². The van der Waals surface area contributed by atoms with Crippen molar-refractivity contribution in [3.63, 3.8) is 0 Å². The maximum absolute atomic E-state index is 12.3. The summed E-state index contributed by atoms with van der Waals surface area (Å²) in [5.74, 6) is 0.750. The van der Waals surface area contributed by atoms with Gasteiger partial charge in [0.05, 0.1) is 6.54 Å². The number of hydrogen-bond acceptors (Lipinski definition) is 2. The van der Waals surface area contributed by atoms with Gasteiger partial charge in [0.2, 0.25) is 0 Å². The quantitative estimate of drug-likeness (QED) is 0.433. The third-order valence-electron chi connectivity index (χ3n) is 3.96. The molecule has 0 amide bonds. The predicted molar refractivity (Wildman–Crippen MR) is 87.9 cm³/mol. The molecular weight excluding hydrogens is 396 g/mol. The number of nitrogens with zero attached hydrogens (tertiary/aromatic N) is 3. The maximum atomic E-state index is 12.3. The normalized spacial score (nSPS) is 25.0. The number of guanidine groups is 1. The van der Waals surface area contributed by atoms with Crippen molar-refractivity contribution in [3.05, 3.63) is 0 Å². The topological polar surface area (TPSA) is 44.9 Å². The number of piperidine rings is 1. The first kappa shape index (κ1) is 18.8. The van der Waals surface area contributed by atoms with Crippen LogP contribution < -0.4 is 5.73 Å². The minimum Gasteiger partial charge on any atom is -0.370 e. The highest BCUT2D eigenvalue weighted by Gasteiger charge is 2.34. The van der Waals surface area contributed by atoms with Gasteiger partial charge in [0.1, 0.15) is 0 Å². The Balaban J connectivity index is 0.00000220. The Labute approximate surface area is 141 Å². The fraction of sp³-hybridized carbons (Fsp3) is 0.923. The summed E-state index contributed by atoms with van der Waals surface area (Å²) >= 11 is 0. The third-order valence-corrected chi connectivity index (χ3v) is 3.96. The highest BCUT2D eigenvalue weighted by atomic mass is 127. The summed E-state index contributed by atoms with van der Waals surface area (Å²) in [6.07, 6.45) is 0.175. The molecular formula is C13H24F3IN4. The Morgan fingerprint density at radius 1 is 1.14 bits per heavy atom. The summed E-state index contributed by atoms with van der Waals surface area (Å²) in [6.45, 7) is 2.59. The lowest BCUT2D eigenvalue weighted by Gasteiger charge is -2.27. The van der Waals surface area contributed by atoms with E-state index in [0.29, 0.717) is 25.6 Å². The number of halogens is 4. The van der Waals surface area contributed by atoms with Crippen LogP contribution in [0.4, 0.5) is 13.2 Å². The molecule has 2 rings (SSSR count). The van der Waals surface area contributed by atoms with Gasteiger partial charge in [-0.05, 0) is 38.1 Å². The minimum atomic E-state index is -4.11. The lowest BCUT2D eigenvalue weighted by atomic mass is 10.1. The lowest BCUT2D eigenvalue weighted by Crippen LogP contribution is -2.41. The van der Waals surface area contributed by atoms with Crippen molar-refractivity contribution in [2.24, 2.45) is 16.6 Å². The predicted octanol–water partition coefficient (Wildman–Crippen LogP) is 2.29. The van der Waals surface area contributed by atoms with Crippen LogP contribution in [0.3, 0.4) is 0 Å². The van der Waals surface area contributed by atoms with Crippen LogP contribution >= 0.6 is 24.0 Å². The van der Waals surface area contributed by atoms with E-state index in [1.165, 1.54) is 11.3 Å². The van der Waals surface area contributed by atoms with E-state index in [2.05, 4.69) is 9.89 Å². The summed E-state index contributed by atoms with van der Waals surface area (Å²) in [7, 11) is 0. The van der Waals surface area contributed by atoms with E-state index in [-0.39, 0.29) is 29.9 Å². The summed E-state index contributed by atoms with van der Waals surface area (Å²) < 4.78 is 36.9. The van der Waals surface area contributed by atoms with Crippen molar-refractivity contribution in [3.8, 4) is 0 Å². The fourth-order valence-corrected chi connectivity index (χ4v) is 2.90. The van der Waals surface area contributed by atoms with Crippen molar-refractivity contribution >= 4 is 29.9 Å². The zero-order chi connectivity index (χ0) is 14.6. The highest BCUT2D eigenvalue weighted by molar-refractivity contribution is 14.0. The molecule has 4 nitrogen and oxygen atoms in total. The summed E-state index contributed by atoms with van der Waals surface area (Å²) in [6, 6.07) is 0. The summed E-state index contributed by atoms with van der Waals surface area (Å²) in [5, 5.41) is 0. The molecule has 1 atom stereocenters. The molecule has 124 valence electrons. The molecule has 2 aliphatic rings. The first-order chi connectivity index (χ1) is 9.44. The third kappa shape index (κ3) is 6.58. The smallest absolute Gasteiger partial charge is 0.370 e. The molecule has 8 heteroatoms. The molecule has 1 unspecified atom stereocenters. The molecule has 0 aromatic heterocycles. The summed E-state index contributed by atoms with van der Waals surface area (Å²) in [5.41, 5.74) is 5.95. The van der Waals surface area contributed by atoms with Gasteiger partial charge in [0.25, 0.3) is 0 Å². The molecule has 2 aliphatic heterocycles. The van der Waals surface area contributed by atoms with Crippen LogP contribution in [0.15, 0.2) is 4.99 Å². The van der Waals surface area contributed by atoms with Crippen molar-refractivity contribution in [2.75, 3.05) is 39.3 Å². The van der Waals surface area contributed by atoms with Gasteiger partial charge in [-0.3, -0.25) is 9.89 Å². The molecule has 0 aromatic carbocycles. The van der Waals surface area contributed by atoms with Crippen molar-refractivity contribution < 1.29 is 13.2 Å². The fourth-order valence-electron chi connectivity index (χ4n) is 2.90. The van der Waals surface area contributed by atoms with Crippen LogP contribution in [0.5, 0.6) is 0 Å². The van der Waals surface area contributed by atoms with Crippen LogP contribution in [0.25, 0.3) is 0 Å². The second-order valence-electron chi connectivity index (χ2n) is 5.75. The SMILES string of the molecule is I.NC(=NCC1CCN(CC(F)(F)F)C1)N1CCCCC1. The molecule has 0 saturated carbocycles. The average molecular weight is 420 g/mol. The Hall–Kier alpha value is -0.250. The van der Waals surface area contributed by atoms with Crippen LogP contribution in [-0.2, 0) is 0 Å². The van der Waals surface area contributed by atoms with E-state index >= 15 is 0 Å².